The van der Waals surface area contributed by atoms with Crippen molar-refractivity contribution in [2.75, 3.05) is 24.6 Å². The zero-order chi connectivity index (χ0) is 13.7. The number of ether oxygens (including phenoxy) is 1. The largest absolute Gasteiger partial charge is 0.378 e. The van der Waals surface area contributed by atoms with Gasteiger partial charge in [-0.15, -0.1) is 0 Å². The van der Waals surface area contributed by atoms with Crippen LogP contribution in [0.25, 0.3) is 0 Å². The van der Waals surface area contributed by atoms with E-state index < -0.39 is 0 Å². The van der Waals surface area contributed by atoms with Gasteiger partial charge >= 0.3 is 0 Å². The van der Waals surface area contributed by atoms with Gasteiger partial charge < -0.3 is 9.64 Å². The molecule has 3 nitrogen and oxygen atoms in total. The third kappa shape index (κ3) is 3.35. The van der Waals surface area contributed by atoms with E-state index in [1.165, 1.54) is 0 Å². The van der Waals surface area contributed by atoms with Gasteiger partial charge in [0.15, 0.2) is 5.78 Å². The standard InChI is InChI=1S/C16H23NO2/c1-3-16(18)14-7-5-6-8-15(14)17-11-9-13(10-12-17)19-4-2/h5-8,13H,3-4,9-12H2,1-2H3. The molecule has 104 valence electrons. The van der Waals surface area contributed by atoms with Crippen molar-refractivity contribution < 1.29 is 9.53 Å². The lowest BCUT2D eigenvalue weighted by Gasteiger charge is -2.34. The van der Waals surface area contributed by atoms with Crippen LogP contribution in [-0.4, -0.2) is 31.6 Å². The fraction of sp³-hybridized carbons (Fsp3) is 0.562. The van der Waals surface area contributed by atoms with Gasteiger partial charge in [-0.3, -0.25) is 4.79 Å². The summed E-state index contributed by atoms with van der Waals surface area (Å²) in [5, 5.41) is 0. The van der Waals surface area contributed by atoms with E-state index in [1.807, 2.05) is 32.0 Å². The molecule has 1 aromatic carbocycles. The van der Waals surface area contributed by atoms with E-state index in [-0.39, 0.29) is 5.78 Å². The number of Topliss-reactive ketones (excluding diaryl/α,β-unsaturated/α-hetero) is 1. The number of piperidine rings is 1. The fourth-order valence-electron chi connectivity index (χ4n) is 2.67. The van der Waals surface area contributed by atoms with Gasteiger partial charge in [-0.05, 0) is 31.9 Å². The first-order valence-electron chi connectivity index (χ1n) is 7.25. The SMILES string of the molecule is CCOC1CCN(c2ccccc2C(=O)CC)CC1. The molecule has 0 bridgehead atoms. The minimum atomic E-state index is 0.225. The predicted octanol–water partition coefficient (Wildman–Crippen LogP) is 3.28. The summed E-state index contributed by atoms with van der Waals surface area (Å²) in [4.78, 5) is 14.3. The fourth-order valence-corrected chi connectivity index (χ4v) is 2.67. The predicted molar refractivity (Wildman–Crippen MR) is 77.9 cm³/mol. The Morgan fingerprint density at radius 3 is 2.58 bits per heavy atom. The Bertz CT molecular complexity index is 423. The number of hydrogen-bond donors (Lipinski definition) is 0. The molecule has 0 saturated carbocycles. The highest BCUT2D eigenvalue weighted by molar-refractivity contribution is 6.01. The molecule has 1 aromatic rings. The molecule has 0 amide bonds. The summed E-state index contributed by atoms with van der Waals surface area (Å²) in [5.41, 5.74) is 1.95. The number of ketones is 1. The van der Waals surface area contributed by atoms with Crippen LogP contribution in [-0.2, 0) is 4.74 Å². The minimum Gasteiger partial charge on any atom is -0.378 e. The minimum absolute atomic E-state index is 0.225. The second kappa shape index (κ2) is 6.71. The van der Waals surface area contributed by atoms with E-state index in [4.69, 9.17) is 4.74 Å². The van der Waals surface area contributed by atoms with Crippen molar-refractivity contribution in [3.8, 4) is 0 Å². The third-order valence-corrected chi connectivity index (χ3v) is 3.71. The van der Waals surface area contributed by atoms with Crippen molar-refractivity contribution >= 4 is 11.5 Å². The molecule has 2 rings (SSSR count). The Morgan fingerprint density at radius 1 is 1.26 bits per heavy atom. The maximum atomic E-state index is 12.0. The number of anilines is 1. The Kier molecular flexibility index (Phi) is 4.97. The summed E-state index contributed by atoms with van der Waals surface area (Å²) < 4.78 is 5.67. The summed E-state index contributed by atoms with van der Waals surface area (Å²) in [7, 11) is 0. The molecule has 0 atom stereocenters. The highest BCUT2D eigenvalue weighted by Gasteiger charge is 2.22. The first-order valence-corrected chi connectivity index (χ1v) is 7.25. The van der Waals surface area contributed by atoms with E-state index in [9.17, 15) is 4.79 Å². The summed E-state index contributed by atoms with van der Waals surface area (Å²) in [6.45, 7) is 6.69. The van der Waals surface area contributed by atoms with Gasteiger partial charge in [0.1, 0.15) is 0 Å². The Morgan fingerprint density at radius 2 is 1.95 bits per heavy atom. The number of nitrogens with zero attached hydrogens (tertiary/aromatic N) is 1. The van der Waals surface area contributed by atoms with Gasteiger partial charge in [0, 0.05) is 37.4 Å². The maximum Gasteiger partial charge on any atom is 0.164 e. The van der Waals surface area contributed by atoms with Crippen LogP contribution in [0.4, 0.5) is 5.69 Å². The van der Waals surface area contributed by atoms with E-state index in [2.05, 4.69) is 11.0 Å². The Balaban J connectivity index is 2.09. The molecule has 0 spiro atoms. The van der Waals surface area contributed by atoms with Crippen molar-refractivity contribution in [1.82, 2.24) is 0 Å². The first-order chi connectivity index (χ1) is 9.26. The number of benzene rings is 1. The maximum absolute atomic E-state index is 12.0. The highest BCUT2D eigenvalue weighted by Crippen LogP contribution is 2.26. The molecular weight excluding hydrogens is 238 g/mol. The summed E-state index contributed by atoms with van der Waals surface area (Å²) in [6.07, 6.45) is 3.03. The van der Waals surface area contributed by atoms with Crippen molar-refractivity contribution in [1.29, 1.82) is 0 Å². The number of hydrogen-bond acceptors (Lipinski definition) is 3. The van der Waals surface area contributed by atoms with Gasteiger partial charge in [-0.25, -0.2) is 0 Å². The molecule has 1 heterocycles. The van der Waals surface area contributed by atoms with Crippen molar-refractivity contribution in [2.45, 2.75) is 39.2 Å². The molecule has 0 aliphatic carbocycles. The summed E-state index contributed by atoms with van der Waals surface area (Å²) in [6, 6.07) is 7.95. The van der Waals surface area contributed by atoms with E-state index in [1.54, 1.807) is 0 Å². The second-order valence-corrected chi connectivity index (χ2v) is 4.94. The lowest BCUT2D eigenvalue weighted by molar-refractivity contribution is 0.0459. The number of carbonyl (C=O) groups excluding carboxylic acids is 1. The average molecular weight is 261 g/mol. The van der Waals surface area contributed by atoms with Crippen LogP contribution >= 0.6 is 0 Å². The Hall–Kier alpha value is -1.35. The van der Waals surface area contributed by atoms with E-state index >= 15 is 0 Å². The quantitative estimate of drug-likeness (QED) is 0.762. The van der Waals surface area contributed by atoms with Gasteiger partial charge in [-0.1, -0.05) is 19.1 Å². The van der Waals surface area contributed by atoms with Gasteiger partial charge in [-0.2, -0.15) is 0 Å². The molecule has 1 saturated heterocycles. The lowest BCUT2D eigenvalue weighted by Crippen LogP contribution is -2.37. The van der Waals surface area contributed by atoms with Crippen molar-refractivity contribution in [3.63, 3.8) is 0 Å². The molecule has 3 heteroatoms. The van der Waals surface area contributed by atoms with Gasteiger partial charge in [0.25, 0.3) is 0 Å². The van der Waals surface area contributed by atoms with Crippen molar-refractivity contribution in [2.24, 2.45) is 0 Å². The summed E-state index contributed by atoms with van der Waals surface area (Å²) >= 11 is 0. The van der Waals surface area contributed by atoms with Crippen LogP contribution in [0.3, 0.4) is 0 Å². The molecule has 1 aliphatic heterocycles. The van der Waals surface area contributed by atoms with Crippen LogP contribution in [0.15, 0.2) is 24.3 Å². The zero-order valence-electron chi connectivity index (χ0n) is 11.9. The monoisotopic (exact) mass is 261 g/mol. The van der Waals surface area contributed by atoms with Crippen LogP contribution in [0.1, 0.15) is 43.5 Å². The molecule has 1 fully saturated rings. The molecular formula is C16H23NO2. The molecule has 0 aromatic heterocycles. The zero-order valence-corrected chi connectivity index (χ0v) is 11.9. The van der Waals surface area contributed by atoms with Gasteiger partial charge in [0.2, 0.25) is 0 Å². The van der Waals surface area contributed by atoms with E-state index in [0.29, 0.717) is 12.5 Å². The topological polar surface area (TPSA) is 29.5 Å². The Labute approximate surface area is 115 Å². The average Bonchev–Trinajstić information content (AvgIpc) is 2.47. The molecule has 0 radical (unpaired) electrons. The smallest absolute Gasteiger partial charge is 0.164 e. The number of para-hydroxylation sites is 1. The van der Waals surface area contributed by atoms with Gasteiger partial charge in [0.05, 0.1) is 6.10 Å². The van der Waals surface area contributed by atoms with Crippen molar-refractivity contribution in [3.05, 3.63) is 29.8 Å². The second-order valence-electron chi connectivity index (χ2n) is 4.94. The number of carbonyl (C=O) groups is 1. The van der Waals surface area contributed by atoms with Crippen LogP contribution in [0.2, 0.25) is 0 Å². The molecule has 0 unspecified atom stereocenters. The highest BCUT2D eigenvalue weighted by atomic mass is 16.5. The van der Waals surface area contributed by atoms with Crippen LogP contribution in [0, 0.1) is 0 Å². The first kappa shape index (κ1) is 14.1. The third-order valence-electron chi connectivity index (χ3n) is 3.71. The van der Waals surface area contributed by atoms with Crippen LogP contribution in [0.5, 0.6) is 0 Å². The van der Waals surface area contributed by atoms with Crippen LogP contribution < -0.4 is 4.90 Å². The number of rotatable bonds is 5. The van der Waals surface area contributed by atoms with E-state index in [0.717, 1.165) is 43.8 Å². The molecule has 0 N–H and O–H groups in total. The molecule has 19 heavy (non-hydrogen) atoms. The lowest BCUT2D eigenvalue weighted by atomic mass is 10.0. The summed E-state index contributed by atoms with van der Waals surface area (Å²) in [5.74, 6) is 0.225. The normalized spacial score (nSPS) is 16.6. The molecule has 1 aliphatic rings.